The van der Waals surface area contributed by atoms with E-state index < -0.39 is 0 Å². The molecule has 2 amide bonds. The summed E-state index contributed by atoms with van der Waals surface area (Å²) in [6.07, 6.45) is 2.29. The Bertz CT molecular complexity index is 923. The summed E-state index contributed by atoms with van der Waals surface area (Å²) in [5.74, 6) is 0.400. The largest absolute Gasteiger partial charge is 0.497 e. The summed E-state index contributed by atoms with van der Waals surface area (Å²) < 4.78 is 5.23. The predicted octanol–water partition coefficient (Wildman–Crippen LogP) is 3.30. The van der Waals surface area contributed by atoms with Gasteiger partial charge in [0.15, 0.2) is 0 Å². The number of carbonyl (C=O) groups excluding carboxylic acids is 2. The summed E-state index contributed by atoms with van der Waals surface area (Å²) >= 11 is 0. The zero-order chi connectivity index (χ0) is 22.8. The molecule has 0 atom stereocenters. The minimum atomic E-state index is -0.250. The highest BCUT2D eigenvalue weighted by Crippen LogP contribution is 2.23. The van der Waals surface area contributed by atoms with Crippen LogP contribution in [0.2, 0.25) is 0 Å². The molecule has 2 aromatic carbocycles. The van der Waals surface area contributed by atoms with E-state index in [1.54, 1.807) is 25.3 Å². The number of aryl methyl sites for hydroxylation is 2. The lowest BCUT2D eigenvalue weighted by atomic mass is 10.1. The van der Waals surface area contributed by atoms with Crippen molar-refractivity contribution in [1.82, 2.24) is 4.90 Å². The number of ether oxygens (including phenoxy) is 1. The fourth-order valence-electron chi connectivity index (χ4n) is 3.29. The molecule has 1 heterocycles. The van der Waals surface area contributed by atoms with Gasteiger partial charge in [0.2, 0.25) is 5.91 Å². The van der Waals surface area contributed by atoms with Crippen molar-refractivity contribution in [3.8, 4) is 5.75 Å². The Morgan fingerprint density at radius 2 is 1.61 bits per heavy atom. The molecule has 1 saturated heterocycles. The molecule has 0 saturated carbocycles. The summed E-state index contributed by atoms with van der Waals surface area (Å²) in [6, 6.07) is 10.9. The van der Waals surface area contributed by atoms with Gasteiger partial charge in [-0.25, -0.2) is 0 Å². The van der Waals surface area contributed by atoms with Gasteiger partial charge in [-0.15, -0.1) is 0 Å². The van der Waals surface area contributed by atoms with Crippen LogP contribution in [0.15, 0.2) is 36.4 Å². The van der Waals surface area contributed by atoms with Gasteiger partial charge in [-0.1, -0.05) is 12.1 Å². The van der Waals surface area contributed by atoms with E-state index in [-0.39, 0.29) is 18.3 Å². The normalized spacial score (nSPS) is 13.0. The minimum absolute atomic E-state index is 0.0498. The number of hydrogen-bond acceptors (Lipinski definition) is 5. The average Bonchev–Trinajstić information content (AvgIpc) is 3.24. The molecule has 31 heavy (non-hydrogen) atoms. The Morgan fingerprint density at radius 3 is 2.23 bits per heavy atom. The van der Waals surface area contributed by atoms with Crippen LogP contribution in [0, 0.1) is 13.8 Å². The van der Waals surface area contributed by atoms with E-state index in [4.69, 9.17) is 14.6 Å². The maximum absolute atomic E-state index is 12.7. The lowest BCUT2D eigenvalue weighted by molar-refractivity contribution is -0.123. The van der Waals surface area contributed by atoms with Crippen molar-refractivity contribution in [2.24, 2.45) is 0 Å². The van der Waals surface area contributed by atoms with Crippen molar-refractivity contribution < 1.29 is 24.2 Å². The molecule has 0 aliphatic carbocycles. The lowest BCUT2D eigenvalue weighted by Gasteiger charge is -2.16. The Labute approximate surface area is 182 Å². The second-order valence-electron chi connectivity index (χ2n) is 7.30. The zero-order valence-electron chi connectivity index (χ0n) is 18.1. The van der Waals surface area contributed by atoms with Gasteiger partial charge in [0.05, 0.1) is 13.7 Å². The van der Waals surface area contributed by atoms with Gasteiger partial charge in [-0.2, -0.15) is 0 Å². The summed E-state index contributed by atoms with van der Waals surface area (Å²) in [7, 11) is 1.59. The molecule has 1 fully saturated rings. The van der Waals surface area contributed by atoms with E-state index in [2.05, 4.69) is 15.5 Å². The first-order chi connectivity index (χ1) is 14.9. The van der Waals surface area contributed by atoms with Crippen molar-refractivity contribution in [3.05, 3.63) is 53.1 Å². The van der Waals surface area contributed by atoms with Crippen LogP contribution in [0.5, 0.6) is 5.75 Å². The molecule has 0 spiro atoms. The summed E-state index contributed by atoms with van der Waals surface area (Å²) in [4.78, 5) is 35.6. The van der Waals surface area contributed by atoms with Gasteiger partial charge in [0, 0.05) is 23.0 Å². The number of carbonyl (C=O) groups is 3. The molecule has 1 aliphatic rings. The monoisotopic (exact) mass is 427 g/mol. The molecule has 3 rings (SSSR count). The maximum atomic E-state index is 12.7. The first-order valence-electron chi connectivity index (χ1n) is 10.0. The standard InChI is InChI=1S/C22H27N3O3.CH2O2/c1-15-6-8-17(12-19(15)23-21(26)14-25-10-4-5-11-25)22(27)24-20-13-18(28-3)9-7-16(20)2;2-1-3/h6-9,12-13H,4-5,10-11,14H2,1-3H3,(H,23,26)(H,24,27);1H,(H,2,3). The second-order valence-corrected chi connectivity index (χ2v) is 7.30. The number of benzene rings is 2. The van der Waals surface area contributed by atoms with E-state index >= 15 is 0 Å². The van der Waals surface area contributed by atoms with Crippen molar-refractivity contribution in [2.45, 2.75) is 26.7 Å². The van der Waals surface area contributed by atoms with Crippen molar-refractivity contribution in [3.63, 3.8) is 0 Å². The summed E-state index contributed by atoms with van der Waals surface area (Å²) in [6.45, 7) is 5.91. The molecule has 8 nitrogen and oxygen atoms in total. The highest BCUT2D eigenvalue weighted by atomic mass is 16.5. The minimum Gasteiger partial charge on any atom is -0.497 e. The maximum Gasteiger partial charge on any atom is 0.290 e. The Kier molecular flexibility index (Phi) is 9.02. The van der Waals surface area contributed by atoms with Crippen LogP contribution in [0.4, 0.5) is 11.4 Å². The number of hydrogen-bond donors (Lipinski definition) is 3. The number of nitrogens with zero attached hydrogens (tertiary/aromatic N) is 1. The molecule has 0 unspecified atom stereocenters. The number of nitrogens with one attached hydrogen (secondary N) is 2. The fraction of sp³-hybridized carbons (Fsp3) is 0.348. The van der Waals surface area contributed by atoms with Crippen molar-refractivity contribution >= 4 is 29.7 Å². The van der Waals surface area contributed by atoms with E-state index in [1.165, 1.54) is 0 Å². The van der Waals surface area contributed by atoms with Gasteiger partial charge in [-0.05, 0) is 69.1 Å². The van der Waals surface area contributed by atoms with Crippen LogP contribution >= 0.6 is 0 Å². The molecule has 0 bridgehead atoms. The Balaban J connectivity index is 0.00000107. The van der Waals surface area contributed by atoms with Gasteiger partial charge >= 0.3 is 0 Å². The number of methoxy groups -OCH3 is 1. The highest BCUT2D eigenvalue weighted by Gasteiger charge is 2.16. The second kappa shape index (κ2) is 11.7. The molecular weight excluding hydrogens is 398 g/mol. The average molecular weight is 428 g/mol. The third-order valence-corrected chi connectivity index (χ3v) is 5.03. The van der Waals surface area contributed by atoms with Crippen LogP contribution in [0.25, 0.3) is 0 Å². The van der Waals surface area contributed by atoms with Crippen LogP contribution in [0.1, 0.15) is 34.3 Å². The molecule has 0 radical (unpaired) electrons. The van der Waals surface area contributed by atoms with E-state index in [1.807, 2.05) is 32.0 Å². The number of amides is 2. The topological polar surface area (TPSA) is 108 Å². The summed E-state index contributed by atoms with van der Waals surface area (Å²) in [5, 5.41) is 12.8. The van der Waals surface area contributed by atoms with Gasteiger partial charge < -0.3 is 20.5 Å². The zero-order valence-corrected chi connectivity index (χ0v) is 18.1. The Morgan fingerprint density at radius 1 is 1.03 bits per heavy atom. The molecule has 2 aromatic rings. The van der Waals surface area contributed by atoms with Gasteiger partial charge in [0.25, 0.3) is 12.4 Å². The van der Waals surface area contributed by atoms with E-state index in [0.29, 0.717) is 29.2 Å². The fourth-order valence-corrected chi connectivity index (χ4v) is 3.29. The van der Waals surface area contributed by atoms with Gasteiger partial charge in [0.1, 0.15) is 5.75 Å². The number of likely N-dealkylation sites (tertiary alicyclic amines) is 1. The third-order valence-electron chi connectivity index (χ3n) is 5.03. The smallest absolute Gasteiger partial charge is 0.290 e. The predicted molar refractivity (Wildman–Crippen MR) is 120 cm³/mol. The molecule has 0 aromatic heterocycles. The molecule has 8 heteroatoms. The van der Waals surface area contributed by atoms with E-state index in [0.717, 1.165) is 37.1 Å². The SMILES string of the molecule is COc1ccc(C)c(NC(=O)c2ccc(C)c(NC(=O)CN3CCCC3)c2)c1.O=CO. The third kappa shape index (κ3) is 7.11. The quantitative estimate of drug-likeness (QED) is 0.611. The number of carboxylic acid groups (broad SMARTS) is 1. The molecule has 166 valence electrons. The van der Waals surface area contributed by atoms with Crippen LogP contribution in [0.3, 0.4) is 0 Å². The molecule has 3 N–H and O–H groups in total. The molecule has 1 aliphatic heterocycles. The summed E-state index contributed by atoms with van der Waals surface area (Å²) in [5.41, 5.74) is 3.72. The van der Waals surface area contributed by atoms with Crippen LogP contribution in [-0.4, -0.2) is 55.0 Å². The number of anilines is 2. The van der Waals surface area contributed by atoms with Crippen LogP contribution < -0.4 is 15.4 Å². The first-order valence-corrected chi connectivity index (χ1v) is 10.0. The lowest BCUT2D eigenvalue weighted by Crippen LogP contribution is -2.31. The van der Waals surface area contributed by atoms with Gasteiger partial charge in [-0.3, -0.25) is 19.3 Å². The molecular formula is C23H29N3O5. The van der Waals surface area contributed by atoms with Crippen molar-refractivity contribution in [2.75, 3.05) is 37.4 Å². The van der Waals surface area contributed by atoms with E-state index in [9.17, 15) is 9.59 Å². The van der Waals surface area contributed by atoms with Crippen molar-refractivity contribution in [1.29, 1.82) is 0 Å². The highest BCUT2D eigenvalue weighted by molar-refractivity contribution is 6.06. The number of rotatable bonds is 6. The van der Waals surface area contributed by atoms with Crippen LogP contribution in [-0.2, 0) is 9.59 Å². The Hall–Kier alpha value is -3.39. The first kappa shape index (κ1) is 23.9.